The van der Waals surface area contributed by atoms with Crippen molar-refractivity contribution >= 4 is 46.3 Å². The fraction of sp³-hybridized carbons (Fsp3) is 0.0625. The fourth-order valence-electron chi connectivity index (χ4n) is 2.13. The smallest absolute Gasteiger partial charge is 0.355 e. The minimum absolute atomic E-state index is 0. The van der Waals surface area contributed by atoms with Gasteiger partial charge in [0.1, 0.15) is 0 Å². The van der Waals surface area contributed by atoms with Crippen molar-refractivity contribution < 1.29 is 13.2 Å². The maximum atomic E-state index is 12.6. The summed E-state index contributed by atoms with van der Waals surface area (Å²) in [5, 5.41) is 4.51. The summed E-state index contributed by atoms with van der Waals surface area (Å²) < 4.78 is 37.7. The second-order valence-electron chi connectivity index (χ2n) is 4.72. The Kier molecular flexibility index (Phi) is 5.02. The van der Waals surface area contributed by atoms with E-state index in [9.17, 15) is 13.2 Å². The summed E-state index contributed by atoms with van der Waals surface area (Å²) in [7, 11) is 0. The Bertz CT molecular complexity index is 818. The van der Waals surface area contributed by atoms with Crippen molar-refractivity contribution in [3.8, 4) is 0 Å². The number of aromatic nitrogens is 1. The van der Waals surface area contributed by atoms with Crippen LogP contribution in [0.2, 0.25) is 5.02 Å². The molecule has 1 N–H and O–H groups in total. The van der Waals surface area contributed by atoms with E-state index in [1.165, 1.54) is 12.1 Å². The van der Waals surface area contributed by atoms with Crippen LogP contribution in [0.15, 0.2) is 54.7 Å². The van der Waals surface area contributed by atoms with Gasteiger partial charge in [0.25, 0.3) is 0 Å². The lowest BCUT2D eigenvalue weighted by Crippen LogP contribution is -2.04. The van der Waals surface area contributed by atoms with E-state index in [0.717, 1.165) is 23.2 Å². The molecule has 23 heavy (non-hydrogen) atoms. The molecule has 0 amide bonds. The lowest BCUT2D eigenvalue weighted by molar-refractivity contribution is -0.137. The normalized spacial score (nSPS) is 11.1. The highest BCUT2D eigenvalue weighted by Crippen LogP contribution is 2.31. The van der Waals surface area contributed by atoms with Crippen LogP contribution in [0.5, 0.6) is 0 Å². The predicted octanol–water partition coefficient (Wildman–Crippen LogP) is 6.07. The minimum Gasteiger partial charge on any atom is -0.355 e. The molecule has 3 aromatic rings. The first kappa shape index (κ1) is 17.4. The van der Waals surface area contributed by atoms with E-state index in [1.54, 1.807) is 24.4 Å². The Labute approximate surface area is 141 Å². The van der Waals surface area contributed by atoms with Gasteiger partial charge in [-0.15, -0.1) is 12.4 Å². The Balaban J connectivity index is 0.00000192. The Morgan fingerprint density at radius 1 is 0.957 bits per heavy atom. The number of alkyl halides is 3. The number of anilines is 2. The van der Waals surface area contributed by atoms with Crippen LogP contribution in [0.25, 0.3) is 10.9 Å². The standard InChI is InChI=1S/C16H10ClF3N2.ClH/c17-11-3-6-13-14(7-8-21-15(13)9-11)22-12-4-1-10(2-5-12)16(18,19)20;/h1-9H,(H,21,22);1H. The monoisotopic (exact) mass is 358 g/mol. The van der Waals surface area contributed by atoms with Crippen LogP contribution < -0.4 is 5.32 Å². The maximum Gasteiger partial charge on any atom is 0.416 e. The van der Waals surface area contributed by atoms with Gasteiger partial charge in [-0.1, -0.05) is 11.6 Å². The highest BCUT2D eigenvalue weighted by Gasteiger charge is 2.29. The van der Waals surface area contributed by atoms with Gasteiger partial charge in [-0.25, -0.2) is 0 Å². The van der Waals surface area contributed by atoms with Gasteiger partial charge in [0.15, 0.2) is 0 Å². The van der Waals surface area contributed by atoms with E-state index in [-0.39, 0.29) is 12.4 Å². The summed E-state index contributed by atoms with van der Waals surface area (Å²) in [6, 6.07) is 11.9. The minimum atomic E-state index is -4.33. The average molecular weight is 359 g/mol. The van der Waals surface area contributed by atoms with Crippen LogP contribution in [0.3, 0.4) is 0 Å². The van der Waals surface area contributed by atoms with Crippen LogP contribution >= 0.6 is 24.0 Å². The number of nitrogens with one attached hydrogen (secondary N) is 1. The molecule has 0 saturated heterocycles. The van der Waals surface area contributed by atoms with Gasteiger partial charge in [0.05, 0.1) is 11.1 Å². The van der Waals surface area contributed by atoms with Crippen molar-refractivity contribution in [2.24, 2.45) is 0 Å². The van der Waals surface area contributed by atoms with Crippen LogP contribution in [0.4, 0.5) is 24.5 Å². The molecule has 7 heteroatoms. The van der Waals surface area contributed by atoms with E-state index < -0.39 is 11.7 Å². The molecule has 3 rings (SSSR count). The van der Waals surface area contributed by atoms with Crippen LogP contribution in [0.1, 0.15) is 5.56 Å². The first-order valence-electron chi connectivity index (χ1n) is 6.42. The van der Waals surface area contributed by atoms with E-state index in [1.807, 2.05) is 6.07 Å². The molecular formula is C16H11Cl2F3N2. The number of hydrogen-bond acceptors (Lipinski definition) is 2. The number of pyridine rings is 1. The predicted molar refractivity (Wildman–Crippen MR) is 88.7 cm³/mol. The summed E-state index contributed by atoms with van der Waals surface area (Å²) >= 11 is 5.92. The first-order chi connectivity index (χ1) is 10.4. The summed E-state index contributed by atoms with van der Waals surface area (Å²) in [4.78, 5) is 4.22. The van der Waals surface area contributed by atoms with Gasteiger partial charge in [0, 0.05) is 28.0 Å². The zero-order valence-corrected chi connectivity index (χ0v) is 13.1. The third-order valence-corrected chi connectivity index (χ3v) is 3.43. The third-order valence-electron chi connectivity index (χ3n) is 3.20. The van der Waals surface area contributed by atoms with Gasteiger partial charge in [-0.2, -0.15) is 13.2 Å². The maximum absolute atomic E-state index is 12.6. The molecule has 0 bridgehead atoms. The molecule has 0 unspecified atom stereocenters. The van der Waals surface area contributed by atoms with Gasteiger partial charge < -0.3 is 5.32 Å². The third kappa shape index (κ3) is 3.86. The Hall–Kier alpha value is -1.98. The van der Waals surface area contributed by atoms with Crippen LogP contribution in [0, 0.1) is 0 Å². The average Bonchev–Trinajstić information content (AvgIpc) is 2.47. The molecule has 0 aliphatic rings. The van der Waals surface area contributed by atoms with E-state index in [4.69, 9.17) is 11.6 Å². The summed E-state index contributed by atoms with van der Waals surface area (Å²) in [5.41, 5.74) is 1.35. The van der Waals surface area contributed by atoms with Crippen molar-refractivity contribution in [2.75, 3.05) is 5.32 Å². The van der Waals surface area contributed by atoms with Gasteiger partial charge in [-0.3, -0.25) is 4.98 Å². The highest BCUT2D eigenvalue weighted by atomic mass is 35.5. The number of hydrogen-bond donors (Lipinski definition) is 1. The van der Waals surface area contributed by atoms with Gasteiger partial charge in [-0.05, 0) is 48.5 Å². The van der Waals surface area contributed by atoms with E-state index in [0.29, 0.717) is 16.2 Å². The first-order valence-corrected chi connectivity index (χ1v) is 6.80. The number of halogens is 5. The van der Waals surface area contributed by atoms with Crippen LogP contribution in [-0.2, 0) is 6.18 Å². The molecule has 0 spiro atoms. The number of rotatable bonds is 2. The molecule has 0 saturated carbocycles. The molecule has 1 heterocycles. The Morgan fingerprint density at radius 2 is 1.65 bits per heavy atom. The highest BCUT2D eigenvalue weighted by molar-refractivity contribution is 6.31. The fourth-order valence-corrected chi connectivity index (χ4v) is 2.29. The lowest BCUT2D eigenvalue weighted by Gasteiger charge is -2.11. The lowest BCUT2D eigenvalue weighted by atomic mass is 10.1. The number of benzene rings is 2. The molecule has 120 valence electrons. The van der Waals surface area contributed by atoms with Crippen LogP contribution in [-0.4, -0.2) is 4.98 Å². The SMILES string of the molecule is Cl.FC(F)(F)c1ccc(Nc2ccnc3cc(Cl)ccc23)cc1. The van der Waals surface area contributed by atoms with E-state index in [2.05, 4.69) is 10.3 Å². The zero-order valence-electron chi connectivity index (χ0n) is 11.6. The second kappa shape index (κ2) is 6.64. The molecule has 0 radical (unpaired) electrons. The summed E-state index contributed by atoms with van der Waals surface area (Å²) in [6.45, 7) is 0. The number of nitrogens with zero attached hydrogens (tertiary/aromatic N) is 1. The topological polar surface area (TPSA) is 24.9 Å². The molecule has 0 aliphatic carbocycles. The van der Waals surface area contributed by atoms with Gasteiger partial charge >= 0.3 is 6.18 Å². The van der Waals surface area contributed by atoms with E-state index >= 15 is 0 Å². The molecule has 2 nitrogen and oxygen atoms in total. The molecule has 0 fully saturated rings. The zero-order chi connectivity index (χ0) is 15.7. The molecular weight excluding hydrogens is 348 g/mol. The molecule has 0 atom stereocenters. The largest absolute Gasteiger partial charge is 0.416 e. The van der Waals surface area contributed by atoms with Crippen molar-refractivity contribution in [1.82, 2.24) is 4.98 Å². The molecule has 1 aromatic heterocycles. The quantitative estimate of drug-likeness (QED) is 0.601. The van der Waals surface area contributed by atoms with Gasteiger partial charge in [0.2, 0.25) is 0 Å². The number of fused-ring (bicyclic) bond motifs is 1. The van der Waals surface area contributed by atoms with Crippen molar-refractivity contribution in [2.45, 2.75) is 6.18 Å². The summed E-state index contributed by atoms with van der Waals surface area (Å²) in [6.07, 6.45) is -2.72. The second-order valence-corrected chi connectivity index (χ2v) is 5.16. The molecule has 2 aromatic carbocycles. The Morgan fingerprint density at radius 3 is 2.30 bits per heavy atom. The van der Waals surface area contributed by atoms with Crippen molar-refractivity contribution in [3.63, 3.8) is 0 Å². The summed E-state index contributed by atoms with van der Waals surface area (Å²) in [5.74, 6) is 0. The van der Waals surface area contributed by atoms with Crippen molar-refractivity contribution in [1.29, 1.82) is 0 Å². The molecule has 0 aliphatic heterocycles. The van der Waals surface area contributed by atoms with Crippen molar-refractivity contribution in [3.05, 3.63) is 65.3 Å².